The lowest BCUT2D eigenvalue weighted by molar-refractivity contribution is -0.140. The van der Waals surface area contributed by atoms with E-state index in [0.29, 0.717) is 6.07 Å². The lowest BCUT2D eigenvalue weighted by atomic mass is 10.1. The highest BCUT2D eigenvalue weighted by atomic mass is 19.4. The Morgan fingerprint density at radius 1 is 1.33 bits per heavy atom. The molecule has 0 bridgehead atoms. The van der Waals surface area contributed by atoms with Gasteiger partial charge in [-0.2, -0.15) is 13.2 Å². The van der Waals surface area contributed by atoms with E-state index in [0.717, 1.165) is 6.92 Å². The fraction of sp³-hybridized carbons (Fsp3) is 0.222. The number of aromatic hydroxyl groups is 1. The number of phenols is 1. The number of halogens is 4. The molecule has 6 heteroatoms. The molecule has 15 heavy (non-hydrogen) atoms. The third kappa shape index (κ3) is 2.26. The minimum absolute atomic E-state index is 0.238. The Morgan fingerprint density at radius 3 is 2.27 bits per heavy atom. The summed E-state index contributed by atoms with van der Waals surface area (Å²) >= 11 is 0. The highest BCUT2D eigenvalue weighted by Gasteiger charge is 2.36. The van der Waals surface area contributed by atoms with Gasteiger partial charge in [-0.25, -0.2) is 4.39 Å². The van der Waals surface area contributed by atoms with Crippen LogP contribution < -0.4 is 0 Å². The van der Waals surface area contributed by atoms with Gasteiger partial charge in [0.1, 0.15) is 11.6 Å². The molecule has 82 valence electrons. The van der Waals surface area contributed by atoms with Crippen LogP contribution in [0.4, 0.5) is 17.6 Å². The maximum Gasteiger partial charge on any atom is 0.419 e. The summed E-state index contributed by atoms with van der Waals surface area (Å²) < 4.78 is 49.8. The molecule has 0 heterocycles. The van der Waals surface area contributed by atoms with Gasteiger partial charge in [0.2, 0.25) is 0 Å². The molecule has 1 aromatic carbocycles. The molecule has 0 atom stereocenters. The summed E-state index contributed by atoms with van der Waals surface area (Å²) in [6.07, 6.45) is -4.94. The molecule has 0 aliphatic rings. The SMILES string of the molecule is CC(=O)c1cc(O)cc(C(F)(F)F)c1F. The predicted molar refractivity (Wildman–Crippen MR) is 43.1 cm³/mol. The van der Waals surface area contributed by atoms with E-state index >= 15 is 0 Å². The van der Waals surface area contributed by atoms with E-state index in [1.165, 1.54) is 0 Å². The molecule has 0 unspecified atom stereocenters. The monoisotopic (exact) mass is 222 g/mol. The van der Waals surface area contributed by atoms with Crippen molar-refractivity contribution < 1.29 is 27.5 Å². The number of carbonyl (C=O) groups is 1. The van der Waals surface area contributed by atoms with Crippen molar-refractivity contribution in [2.75, 3.05) is 0 Å². The van der Waals surface area contributed by atoms with Gasteiger partial charge in [0.15, 0.2) is 5.78 Å². The van der Waals surface area contributed by atoms with Crippen LogP contribution in [0.5, 0.6) is 5.75 Å². The maximum atomic E-state index is 13.1. The Bertz CT molecular complexity index is 409. The molecule has 0 aliphatic heterocycles. The van der Waals surface area contributed by atoms with E-state index < -0.39 is 34.7 Å². The van der Waals surface area contributed by atoms with Gasteiger partial charge in [-0.1, -0.05) is 0 Å². The Morgan fingerprint density at radius 2 is 1.87 bits per heavy atom. The van der Waals surface area contributed by atoms with Crippen molar-refractivity contribution in [1.29, 1.82) is 0 Å². The maximum absolute atomic E-state index is 13.1. The van der Waals surface area contributed by atoms with Gasteiger partial charge in [0, 0.05) is 0 Å². The second kappa shape index (κ2) is 3.52. The standard InChI is InChI=1S/C9H6F4O2/c1-4(14)6-2-5(15)3-7(8(6)10)9(11,12)13/h2-3,15H,1H3. The molecule has 1 rings (SSSR count). The number of hydrogen-bond acceptors (Lipinski definition) is 2. The van der Waals surface area contributed by atoms with Gasteiger partial charge in [-0.05, 0) is 19.1 Å². The summed E-state index contributed by atoms with van der Waals surface area (Å²) in [5, 5.41) is 8.91. The summed E-state index contributed by atoms with van der Waals surface area (Å²) in [4.78, 5) is 10.8. The summed E-state index contributed by atoms with van der Waals surface area (Å²) in [5.41, 5.74) is -2.42. The van der Waals surface area contributed by atoms with Crippen LogP contribution in [-0.2, 0) is 6.18 Å². The van der Waals surface area contributed by atoms with E-state index in [-0.39, 0.29) is 6.07 Å². The Kier molecular flexibility index (Phi) is 2.70. The summed E-state index contributed by atoms with van der Waals surface area (Å²) in [6.45, 7) is 0.915. The first-order valence-electron chi connectivity index (χ1n) is 3.84. The molecular weight excluding hydrogens is 216 g/mol. The van der Waals surface area contributed by atoms with Crippen LogP contribution in [-0.4, -0.2) is 10.9 Å². The lowest BCUT2D eigenvalue weighted by Crippen LogP contribution is -2.11. The van der Waals surface area contributed by atoms with Gasteiger partial charge in [-0.3, -0.25) is 4.79 Å². The number of carbonyl (C=O) groups excluding carboxylic acids is 1. The molecule has 0 aromatic heterocycles. The third-order valence-electron chi connectivity index (χ3n) is 1.74. The van der Waals surface area contributed by atoms with Gasteiger partial charge in [0.05, 0.1) is 11.1 Å². The van der Waals surface area contributed by atoms with Crippen molar-refractivity contribution in [1.82, 2.24) is 0 Å². The first-order valence-corrected chi connectivity index (χ1v) is 3.84. The molecule has 0 saturated heterocycles. The number of hydrogen-bond donors (Lipinski definition) is 1. The Hall–Kier alpha value is -1.59. The first-order chi connectivity index (χ1) is 6.73. The molecule has 1 aromatic rings. The molecule has 0 aliphatic carbocycles. The van der Waals surface area contributed by atoms with Crippen molar-refractivity contribution in [2.45, 2.75) is 13.1 Å². The van der Waals surface area contributed by atoms with Crippen molar-refractivity contribution in [3.05, 3.63) is 29.1 Å². The second-order valence-electron chi connectivity index (χ2n) is 2.91. The zero-order valence-electron chi connectivity index (χ0n) is 7.52. The average Bonchev–Trinajstić information content (AvgIpc) is 2.06. The highest BCUT2D eigenvalue weighted by molar-refractivity contribution is 5.95. The van der Waals surface area contributed by atoms with Crippen LogP contribution >= 0.6 is 0 Å². The number of rotatable bonds is 1. The molecule has 0 radical (unpaired) electrons. The zero-order valence-corrected chi connectivity index (χ0v) is 7.52. The molecule has 0 saturated carbocycles. The number of phenolic OH excluding ortho intramolecular Hbond substituents is 1. The molecule has 0 fully saturated rings. The topological polar surface area (TPSA) is 37.3 Å². The molecule has 0 spiro atoms. The zero-order chi connectivity index (χ0) is 11.8. The first kappa shape index (κ1) is 11.5. The average molecular weight is 222 g/mol. The van der Waals surface area contributed by atoms with Crippen LogP contribution in [0.25, 0.3) is 0 Å². The number of ketones is 1. The minimum Gasteiger partial charge on any atom is -0.508 e. The summed E-state index contributed by atoms with van der Waals surface area (Å²) in [5.74, 6) is -3.34. The normalized spacial score (nSPS) is 11.5. The molecule has 0 amide bonds. The van der Waals surface area contributed by atoms with Gasteiger partial charge in [0.25, 0.3) is 0 Å². The van der Waals surface area contributed by atoms with E-state index in [4.69, 9.17) is 5.11 Å². The highest BCUT2D eigenvalue weighted by Crippen LogP contribution is 2.35. The van der Waals surface area contributed by atoms with Gasteiger partial charge in [-0.15, -0.1) is 0 Å². The van der Waals surface area contributed by atoms with Gasteiger partial charge < -0.3 is 5.11 Å². The second-order valence-corrected chi connectivity index (χ2v) is 2.91. The number of Topliss-reactive ketones (excluding diaryl/α,β-unsaturated/α-hetero) is 1. The van der Waals surface area contributed by atoms with Crippen molar-refractivity contribution in [3.63, 3.8) is 0 Å². The number of alkyl halides is 3. The van der Waals surface area contributed by atoms with E-state index in [1.54, 1.807) is 0 Å². The van der Waals surface area contributed by atoms with E-state index in [2.05, 4.69) is 0 Å². The quantitative estimate of drug-likeness (QED) is 0.586. The Labute approximate surface area is 82.1 Å². The van der Waals surface area contributed by atoms with Crippen molar-refractivity contribution in [2.24, 2.45) is 0 Å². The Balaban J connectivity index is 3.49. The largest absolute Gasteiger partial charge is 0.508 e. The molecule has 2 nitrogen and oxygen atoms in total. The summed E-state index contributed by atoms with van der Waals surface area (Å²) in [7, 11) is 0. The molecule has 1 N–H and O–H groups in total. The van der Waals surface area contributed by atoms with E-state index in [1.807, 2.05) is 0 Å². The van der Waals surface area contributed by atoms with E-state index in [9.17, 15) is 22.4 Å². The lowest BCUT2D eigenvalue weighted by Gasteiger charge is -2.10. The van der Waals surface area contributed by atoms with Crippen LogP contribution in [0.15, 0.2) is 12.1 Å². The third-order valence-corrected chi connectivity index (χ3v) is 1.74. The predicted octanol–water partition coefficient (Wildman–Crippen LogP) is 2.75. The van der Waals surface area contributed by atoms with Crippen molar-refractivity contribution in [3.8, 4) is 5.75 Å². The van der Waals surface area contributed by atoms with Crippen LogP contribution in [0.2, 0.25) is 0 Å². The smallest absolute Gasteiger partial charge is 0.419 e. The minimum atomic E-state index is -4.94. The van der Waals surface area contributed by atoms with Gasteiger partial charge >= 0.3 is 6.18 Å². The number of benzene rings is 1. The fourth-order valence-electron chi connectivity index (χ4n) is 1.07. The summed E-state index contributed by atoms with van der Waals surface area (Å²) in [6, 6.07) is 0.898. The van der Waals surface area contributed by atoms with Crippen LogP contribution in [0.3, 0.4) is 0 Å². The fourth-order valence-corrected chi connectivity index (χ4v) is 1.07. The van der Waals surface area contributed by atoms with Crippen LogP contribution in [0, 0.1) is 5.82 Å². The van der Waals surface area contributed by atoms with Crippen molar-refractivity contribution >= 4 is 5.78 Å². The van der Waals surface area contributed by atoms with Crippen LogP contribution in [0.1, 0.15) is 22.8 Å². The molecular formula is C9H6F4O2.